The Morgan fingerprint density at radius 1 is 1.13 bits per heavy atom. The molecule has 3 rings (SSSR count). The van der Waals surface area contributed by atoms with Crippen molar-refractivity contribution in [3.63, 3.8) is 0 Å². The maximum atomic E-state index is 13.0. The lowest BCUT2D eigenvalue weighted by atomic mass is 9.95. The van der Waals surface area contributed by atoms with E-state index in [4.69, 9.17) is 4.74 Å². The van der Waals surface area contributed by atoms with Gasteiger partial charge >= 0.3 is 6.09 Å². The molecule has 0 aromatic heterocycles. The summed E-state index contributed by atoms with van der Waals surface area (Å²) in [5.74, 6) is -0.500. The minimum absolute atomic E-state index is 0.0758. The standard InChI is InChI=1S/C22H30BrN3O4/c1-22(2,3)30-21(29)24-14-15-8-11-25(12-9-15)19(27)16-10-13-26(20(16)28)18-7-5-4-6-17(18)23/h4-7,15-16H,8-14H2,1-3H3,(H,24,29). The summed E-state index contributed by atoms with van der Waals surface area (Å²) < 4.78 is 6.11. The lowest BCUT2D eigenvalue weighted by molar-refractivity contribution is -0.141. The van der Waals surface area contributed by atoms with E-state index in [2.05, 4.69) is 21.2 Å². The monoisotopic (exact) mass is 479 g/mol. The van der Waals surface area contributed by atoms with E-state index in [1.54, 1.807) is 9.80 Å². The number of hydrogen-bond donors (Lipinski definition) is 1. The number of para-hydroxylation sites is 1. The molecule has 2 aliphatic rings. The van der Waals surface area contributed by atoms with Gasteiger partial charge in [-0.05, 0) is 74.0 Å². The van der Waals surface area contributed by atoms with Gasteiger partial charge in [-0.1, -0.05) is 12.1 Å². The molecular weight excluding hydrogens is 450 g/mol. The summed E-state index contributed by atoms with van der Waals surface area (Å²) in [6, 6.07) is 7.57. The molecule has 1 atom stereocenters. The summed E-state index contributed by atoms with van der Waals surface area (Å²) in [5.41, 5.74) is 0.293. The van der Waals surface area contributed by atoms with Crippen molar-refractivity contribution in [3.05, 3.63) is 28.7 Å². The molecule has 2 fully saturated rings. The fraction of sp³-hybridized carbons (Fsp3) is 0.591. The van der Waals surface area contributed by atoms with Gasteiger partial charge in [-0.2, -0.15) is 0 Å². The number of likely N-dealkylation sites (tertiary alicyclic amines) is 1. The largest absolute Gasteiger partial charge is 0.444 e. The Morgan fingerprint density at radius 2 is 1.80 bits per heavy atom. The molecule has 8 heteroatoms. The number of benzene rings is 1. The third kappa shape index (κ3) is 5.53. The van der Waals surface area contributed by atoms with Gasteiger partial charge in [0.25, 0.3) is 0 Å². The first-order valence-corrected chi connectivity index (χ1v) is 11.3. The highest BCUT2D eigenvalue weighted by Gasteiger charge is 2.40. The Kier molecular flexibility index (Phi) is 7.06. The maximum absolute atomic E-state index is 13.0. The van der Waals surface area contributed by atoms with Crippen molar-refractivity contribution in [2.24, 2.45) is 11.8 Å². The lowest BCUT2D eigenvalue weighted by Gasteiger charge is -2.33. The molecule has 7 nitrogen and oxygen atoms in total. The van der Waals surface area contributed by atoms with Crippen molar-refractivity contribution in [1.82, 2.24) is 10.2 Å². The summed E-state index contributed by atoms with van der Waals surface area (Å²) in [6.07, 6.45) is 1.73. The number of anilines is 1. The number of hydrogen-bond acceptors (Lipinski definition) is 4. The number of piperidine rings is 1. The summed E-state index contributed by atoms with van der Waals surface area (Å²) >= 11 is 3.49. The summed E-state index contributed by atoms with van der Waals surface area (Å²) in [6.45, 7) is 7.80. The smallest absolute Gasteiger partial charge is 0.407 e. The van der Waals surface area contributed by atoms with Crippen LogP contribution in [0.5, 0.6) is 0 Å². The Hall–Kier alpha value is -2.09. The van der Waals surface area contributed by atoms with Gasteiger partial charge < -0.3 is 19.9 Å². The molecule has 0 aliphatic carbocycles. The second kappa shape index (κ2) is 9.37. The average Bonchev–Trinajstić information content (AvgIpc) is 3.06. The number of nitrogens with one attached hydrogen (secondary N) is 1. The molecule has 0 bridgehead atoms. The topological polar surface area (TPSA) is 79.0 Å². The summed E-state index contributed by atoms with van der Waals surface area (Å²) in [7, 11) is 0. The molecule has 1 N–H and O–H groups in total. The van der Waals surface area contributed by atoms with Crippen molar-refractivity contribution in [1.29, 1.82) is 0 Å². The fourth-order valence-electron chi connectivity index (χ4n) is 3.94. The first-order chi connectivity index (χ1) is 14.2. The molecule has 0 saturated carbocycles. The van der Waals surface area contributed by atoms with Crippen LogP contribution in [0.25, 0.3) is 0 Å². The van der Waals surface area contributed by atoms with Gasteiger partial charge in [0, 0.05) is 30.7 Å². The number of halogens is 1. The van der Waals surface area contributed by atoms with Crippen molar-refractivity contribution < 1.29 is 19.1 Å². The third-order valence-corrected chi connectivity index (χ3v) is 6.18. The van der Waals surface area contributed by atoms with Crippen molar-refractivity contribution in [2.75, 3.05) is 31.1 Å². The highest BCUT2D eigenvalue weighted by Crippen LogP contribution is 2.32. The normalized spacial score (nSPS) is 20.4. The molecule has 2 saturated heterocycles. The second-order valence-corrected chi connectivity index (χ2v) is 9.79. The van der Waals surface area contributed by atoms with E-state index in [9.17, 15) is 14.4 Å². The zero-order valence-electron chi connectivity index (χ0n) is 17.8. The van der Waals surface area contributed by atoms with E-state index < -0.39 is 17.6 Å². The molecule has 3 amide bonds. The number of carbonyl (C=O) groups is 3. The van der Waals surface area contributed by atoms with Crippen LogP contribution >= 0.6 is 15.9 Å². The molecule has 2 aliphatic heterocycles. The van der Waals surface area contributed by atoms with Crippen LogP contribution in [-0.2, 0) is 14.3 Å². The SMILES string of the molecule is CC(C)(C)OC(=O)NCC1CCN(C(=O)C2CCN(c3ccccc3Br)C2=O)CC1. The number of carbonyl (C=O) groups excluding carboxylic acids is 3. The van der Waals surface area contributed by atoms with E-state index in [0.29, 0.717) is 38.5 Å². The average molecular weight is 480 g/mol. The Balaban J connectivity index is 1.48. The molecular formula is C22H30BrN3O4. The van der Waals surface area contributed by atoms with E-state index >= 15 is 0 Å². The zero-order chi connectivity index (χ0) is 21.9. The maximum Gasteiger partial charge on any atom is 0.407 e. The van der Waals surface area contributed by atoms with E-state index in [1.807, 2.05) is 45.0 Å². The van der Waals surface area contributed by atoms with E-state index in [1.165, 1.54) is 0 Å². The van der Waals surface area contributed by atoms with Crippen LogP contribution < -0.4 is 10.2 Å². The Labute approximate surface area is 186 Å². The minimum Gasteiger partial charge on any atom is -0.444 e. The van der Waals surface area contributed by atoms with Crippen molar-refractivity contribution in [3.8, 4) is 0 Å². The van der Waals surface area contributed by atoms with Crippen LogP contribution in [0, 0.1) is 11.8 Å². The summed E-state index contributed by atoms with van der Waals surface area (Å²) in [5, 5.41) is 2.81. The molecule has 0 radical (unpaired) electrons. The molecule has 164 valence electrons. The highest BCUT2D eigenvalue weighted by atomic mass is 79.9. The Bertz CT molecular complexity index is 800. The van der Waals surface area contributed by atoms with E-state index in [-0.39, 0.29) is 11.8 Å². The molecule has 30 heavy (non-hydrogen) atoms. The Morgan fingerprint density at radius 3 is 2.43 bits per heavy atom. The quantitative estimate of drug-likeness (QED) is 0.669. The highest BCUT2D eigenvalue weighted by molar-refractivity contribution is 9.10. The third-order valence-electron chi connectivity index (χ3n) is 5.51. The van der Waals surface area contributed by atoms with Gasteiger partial charge in [0.2, 0.25) is 11.8 Å². The van der Waals surface area contributed by atoms with E-state index in [0.717, 1.165) is 23.0 Å². The number of rotatable bonds is 4. The van der Waals surface area contributed by atoms with Gasteiger partial charge in [0.05, 0.1) is 5.69 Å². The minimum atomic E-state index is -0.603. The van der Waals surface area contributed by atoms with Crippen molar-refractivity contribution in [2.45, 2.75) is 45.6 Å². The predicted molar refractivity (Wildman–Crippen MR) is 118 cm³/mol. The first kappa shape index (κ1) is 22.6. The molecule has 2 heterocycles. The van der Waals surface area contributed by atoms with Gasteiger partial charge in [-0.25, -0.2) is 4.79 Å². The molecule has 1 aromatic rings. The molecule has 1 unspecified atom stereocenters. The lowest BCUT2D eigenvalue weighted by Crippen LogP contribution is -2.46. The van der Waals surface area contributed by atoms with Crippen molar-refractivity contribution >= 4 is 39.5 Å². The molecule has 0 spiro atoms. The summed E-state index contributed by atoms with van der Waals surface area (Å²) in [4.78, 5) is 41.2. The fourth-order valence-corrected chi connectivity index (χ4v) is 4.44. The second-order valence-electron chi connectivity index (χ2n) is 8.93. The van der Waals surface area contributed by atoms with Crippen LogP contribution in [0.1, 0.15) is 40.0 Å². The van der Waals surface area contributed by atoms with Crippen LogP contribution in [0.15, 0.2) is 28.7 Å². The molecule has 1 aromatic carbocycles. The van der Waals surface area contributed by atoms with Crippen LogP contribution in [-0.4, -0.2) is 54.6 Å². The first-order valence-electron chi connectivity index (χ1n) is 10.5. The van der Waals surface area contributed by atoms with Crippen LogP contribution in [0.4, 0.5) is 10.5 Å². The predicted octanol–water partition coefficient (Wildman–Crippen LogP) is 3.57. The van der Waals surface area contributed by atoms with Crippen LogP contribution in [0.2, 0.25) is 0 Å². The number of amides is 3. The van der Waals surface area contributed by atoms with Gasteiger partial charge in [0.1, 0.15) is 11.5 Å². The number of nitrogens with zero attached hydrogens (tertiary/aromatic N) is 2. The van der Waals surface area contributed by atoms with Crippen LogP contribution in [0.3, 0.4) is 0 Å². The number of ether oxygens (including phenoxy) is 1. The number of alkyl carbamates (subject to hydrolysis) is 1. The van der Waals surface area contributed by atoms with Gasteiger partial charge in [-0.3, -0.25) is 9.59 Å². The van der Waals surface area contributed by atoms with Gasteiger partial charge in [-0.15, -0.1) is 0 Å². The zero-order valence-corrected chi connectivity index (χ0v) is 19.4. The van der Waals surface area contributed by atoms with Gasteiger partial charge in [0.15, 0.2) is 0 Å².